The smallest absolute Gasteiger partial charge is 0.407 e. The molecule has 2 aliphatic rings. The molecule has 3 amide bonds. The molecule has 0 aromatic heterocycles. The summed E-state index contributed by atoms with van der Waals surface area (Å²) in [5.74, 6) is -2.36. The number of ether oxygens (including phenoxy) is 3. The van der Waals surface area contributed by atoms with Crippen molar-refractivity contribution in [2.45, 2.75) is 81.5 Å². The zero-order valence-electron chi connectivity index (χ0n) is 31.4. The molecule has 1 saturated carbocycles. The van der Waals surface area contributed by atoms with Crippen LogP contribution in [0.15, 0.2) is 104 Å². The lowest BCUT2D eigenvalue weighted by molar-refractivity contribution is -0.148. The number of aliphatic hydroxyl groups excluding tert-OH is 1. The highest BCUT2D eigenvalue weighted by molar-refractivity contribution is 5.86. The fraction of sp³-hybridized carbons (Fsp3) is 0.409. The topological polar surface area (TPSA) is 152 Å². The fourth-order valence-electron chi connectivity index (χ4n) is 7.37. The lowest BCUT2D eigenvalue weighted by Crippen LogP contribution is -2.51. The second-order valence-corrected chi connectivity index (χ2v) is 14.3. The molecule has 292 valence electrons. The number of rotatable bonds is 21. The molecule has 3 atom stereocenters. The van der Waals surface area contributed by atoms with Crippen molar-refractivity contribution in [2.24, 2.45) is 5.92 Å². The molecule has 55 heavy (non-hydrogen) atoms. The van der Waals surface area contributed by atoms with Crippen LogP contribution in [-0.2, 0) is 35.2 Å². The quantitative estimate of drug-likeness (QED) is 0.0752. The van der Waals surface area contributed by atoms with Crippen LogP contribution in [0.4, 0.5) is 4.79 Å². The van der Waals surface area contributed by atoms with Crippen LogP contribution >= 0.6 is 0 Å². The lowest BCUT2D eigenvalue weighted by atomic mass is 9.95. The molecule has 0 saturated heterocycles. The van der Waals surface area contributed by atoms with Gasteiger partial charge in [-0.1, -0.05) is 104 Å². The predicted molar refractivity (Wildman–Crippen MR) is 210 cm³/mol. The van der Waals surface area contributed by atoms with Crippen molar-refractivity contribution in [3.63, 3.8) is 0 Å². The van der Waals surface area contributed by atoms with Gasteiger partial charge in [0.25, 0.3) is 0 Å². The van der Waals surface area contributed by atoms with Gasteiger partial charge in [-0.2, -0.15) is 0 Å². The first kappa shape index (κ1) is 40.9. The molecule has 11 nitrogen and oxygen atoms in total. The first-order valence-corrected chi connectivity index (χ1v) is 19.1. The Kier molecular flexibility index (Phi) is 15.2. The number of esters is 1. The fourth-order valence-corrected chi connectivity index (χ4v) is 7.37. The van der Waals surface area contributed by atoms with Crippen molar-refractivity contribution in [3.8, 4) is 11.1 Å². The average Bonchev–Trinajstić information content (AvgIpc) is 3.80. The second kappa shape index (κ2) is 20.4. The molecular formula is C44H53N3O8. The van der Waals surface area contributed by atoms with Gasteiger partial charge in [-0.05, 0) is 59.9 Å². The standard InChI is InChI=1S/C44H53N3O8/c1-3-5-22-39(46-43(52)55-29-38-36-20-11-9-18-34(36)35-19-10-12-21-37(35)38)42(51)54-28-33(27-53-26-31-16-7-6-8-17-31)45-41(50)32(15-4-2)25-40(49)47-44(30-48)23-13-14-24-44/h3-4,6-12,16-21,32-33,38-39,48H,1-2,5,13-15,22-30H2,(H,45,50)(H,46,52)(H,47,49). The van der Waals surface area contributed by atoms with Crippen LogP contribution in [-0.4, -0.2) is 73.0 Å². The SMILES string of the molecule is C=CCCC(NC(=O)OCC1c2ccccc2-c2ccccc21)C(=O)OCC(COCc1ccccc1)NC(=O)C(CC=C)CC(=O)NC1(CO)CCCC1. The Hall–Kier alpha value is -5.26. The van der Waals surface area contributed by atoms with Crippen molar-refractivity contribution in [3.05, 3.63) is 121 Å². The number of carbonyl (C=O) groups is 4. The number of amides is 3. The van der Waals surface area contributed by atoms with Crippen LogP contribution in [0.25, 0.3) is 11.1 Å². The van der Waals surface area contributed by atoms with E-state index in [9.17, 15) is 24.3 Å². The maximum Gasteiger partial charge on any atom is 0.407 e. The van der Waals surface area contributed by atoms with Gasteiger partial charge in [0, 0.05) is 12.3 Å². The maximum absolute atomic E-state index is 13.6. The average molecular weight is 752 g/mol. The Balaban J connectivity index is 1.20. The van der Waals surface area contributed by atoms with Crippen molar-refractivity contribution >= 4 is 23.9 Å². The molecule has 0 radical (unpaired) electrons. The number of hydrogen-bond donors (Lipinski definition) is 4. The number of aliphatic hydroxyl groups is 1. The number of allylic oxidation sites excluding steroid dienone is 2. The van der Waals surface area contributed by atoms with Gasteiger partial charge in [-0.15, -0.1) is 13.2 Å². The van der Waals surface area contributed by atoms with Gasteiger partial charge in [0.1, 0.15) is 19.3 Å². The van der Waals surface area contributed by atoms with Crippen LogP contribution < -0.4 is 16.0 Å². The summed E-state index contributed by atoms with van der Waals surface area (Å²) in [6, 6.07) is 23.7. The Bertz CT molecular complexity index is 1730. The third-order valence-electron chi connectivity index (χ3n) is 10.3. The summed E-state index contributed by atoms with van der Waals surface area (Å²) in [6.45, 7) is 7.46. The Morgan fingerprint density at radius 1 is 0.836 bits per heavy atom. The minimum atomic E-state index is -1.04. The third-order valence-corrected chi connectivity index (χ3v) is 10.3. The minimum Gasteiger partial charge on any atom is -0.462 e. The number of nitrogens with one attached hydrogen (secondary N) is 3. The number of alkyl carbamates (subject to hydrolysis) is 1. The number of benzene rings is 3. The molecule has 0 spiro atoms. The molecule has 3 aromatic carbocycles. The van der Waals surface area contributed by atoms with Crippen molar-refractivity contribution < 1.29 is 38.5 Å². The van der Waals surface area contributed by atoms with E-state index in [0.29, 0.717) is 19.3 Å². The van der Waals surface area contributed by atoms with Gasteiger partial charge in [0.05, 0.1) is 37.3 Å². The monoisotopic (exact) mass is 751 g/mol. The van der Waals surface area contributed by atoms with Gasteiger partial charge in [0.2, 0.25) is 11.8 Å². The Morgan fingerprint density at radius 3 is 2.13 bits per heavy atom. The highest BCUT2D eigenvalue weighted by Gasteiger charge is 2.36. The summed E-state index contributed by atoms with van der Waals surface area (Å²) in [5.41, 5.74) is 4.61. The molecule has 1 fully saturated rings. The zero-order chi connectivity index (χ0) is 39.0. The van der Waals surface area contributed by atoms with E-state index in [1.54, 1.807) is 12.2 Å². The molecule has 5 rings (SSSR count). The zero-order valence-corrected chi connectivity index (χ0v) is 31.4. The molecule has 2 aliphatic carbocycles. The highest BCUT2D eigenvalue weighted by Crippen LogP contribution is 2.44. The summed E-state index contributed by atoms with van der Waals surface area (Å²) < 4.78 is 17.3. The Morgan fingerprint density at radius 2 is 1.49 bits per heavy atom. The summed E-state index contributed by atoms with van der Waals surface area (Å²) in [5, 5.41) is 18.5. The normalized spacial score (nSPS) is 15.7. The molecule has 3 unspecified atom stereocenters. The van der Waals surface area contributed by atoms with Gasteiger partial charge in [0.15, 0.2) is 0 Å². The summed E-state index contributed by atoms with van der Waals surface area (Å²) in [6.07, 6.45) is 6.43. The molecule has 3 aromatic rings. The van der Waals surface area contributed by atoms with Crippen LogP contribution in [0.5, 0.6) is 0 Å². The van der Waals surface area contributed by atoms with Crippen molar-refractivity contribution in [2.75, 3.05) is 26.4 Å². The first-order valence-electron chi connectivity index (χ1n) is 19.1. The molecular weight excluding hydrogens is 698 g/mol. The summed E-state index contributed by atoms with van der Waals surface area (Å²) >= 11 is 0. The molecule has 4 N–H and O–H groups in total. The first-order chi connectivity index (χ1) is 26.8. The third kappa shape index (κ3) is 11.4. The molecule has 0 bridgehead atoms. The van der Waals surface area contributed by atoms with Gasteiger partial charge < -0.3 is 35.3 Å². The molecule has 0 aliphatic heterocycles. The number of hydrogen-bond acceptors (Lipinski definition) is 8. The minimum absolute atomic E-state index is 0.00563. The molecule has 11 heteroatoms. The van der Waals surface area contributed by atoms with E-state index >= 15 is 0 Å². The van der Waals surface area contributed by atoms with Gasteiger partial charge in [-0.25, -0.2) is 9.59 Å². The van der Waals surface area contributed by atoms with E-state index in [4.69, 9.17) is 14.2 Å². The van der Waals surface area contributed by atoms with E-state index < -0.39 is 41.5 Å². The van der Waals surface area contributed by atoms with E-state index in [1.165, 1.54) is 0 Å². The van der Waals surface area contributed by atoms with E-state index in [2.05, 4.69) is 41.2 Å². The summed E-state index contributed by atoms with van der Waals surface area (Å²) in [4.78, 5) is 53.3. The van der Waals surface area contributed by atoms with Crippen LogP contribution in [0.3, 0.4) is 0 Å². The van der Waals surface area contributed by atoms with Crippen LogP contribution in [0.1, 0.15) is 74.0 Å². The summed E-state index contributed by atoms with van der Waals surface area (Å²) in [7, 11) is 0. The Labute approximate surface area is 323 Å². The maximum atomic E-state index is 13.6. The van der Waals surface area contributed by atoms with Gasteiger partial charge in [-0.3, -0.25) is 9.59 Å². The largest absolute Gasteiger partial charge is 0.462 e. The van der Waals surface area contributed by atoms with Gasteiger partial charge >= 0.3 is 12.1 Å². The lowest BCUT2D eigenvalue weighted by Gasteiger charge is -2.29. The van der Waals surface area contributed by atoms with Crippen molar-refractivity contribution in [1.82, 2.24) is 16.0 Å². The number of fused-ring (bicyclic) bond motifs is 3. The molecule has 0 heterocycles. The van der Waals surface area contributed by atoms with E-state index in [-0.39, 0.29) is 64.1 Å². The van der Waals surface area contributed by atoms with E-state index in [1.807, 2.05) is 66.7 Å². The van der Waals surface area contributed by atoms with E-state index in [0.717, 1.165) is 40.7 Å². The van der Waals surface area contributed by atoms with Crippen molar-refractivity contribution in [1.29, 1.82) is 0 Å². The predicted octanol–water partition coefficient (Wildman–Crippen LogP) is 6.11. The van der Waals surface area contributed by atoms with Crippen LogP contribution in [0, 0.1) is 5.92 Å². The van der Waals surface area contributed by atoms with Crippen LogP contribution in [0.2, 0.25) is 0 Å². The second-order valence-electron chi connectivity index (χ2n) is 14.3. The highest BCUT2D eigenvalue weighted by atomic mass is 16.6. The number of carbonyl (C=O) groups excluding carboxylic acids is 4.